The zero-order valence-corrected chi connectivity index (χ0v) is 14.1. The lowest BCUT2D eigenvalue weighted by Gasteiger charge is -2.07. The van der Waals surface area contributed by atoms with Crippen LogP contribution in [0.15, 0.2) is 35.0 Å². The van der Waals surface area contributed by atoms with Crippen molar-refractivity contribution in [3.8, 4) is 0 Å². The molecule has 0 spiro atoms. The number of aryl methyl sites for hydroxylation is 2. The van der Waals surface area contributed by atoms with E-state index in [1.807, 2.05) is 32.0 Å². The first-order valence-electron chi connectivity index (χ1n) is 7.96. The first-order valence-corrected chi connectivity index (χ1v) is 7.96. The van der Waals surface area contributed by atoms with Crippen LogP contribution in [0.2, 0.25) is 0 Å². The molecule has 0 saturated heterocycles. The largest absolute Gasteiger partial charge is 0.480 e. The van der Waals surface area contributed by atoms with E-state index in [1.165, 1.54) is 0 Å². The number of aliphatic carboxylic acids is 1. The summed E-state index contributed by atoms with van der Waals surface area (Å²) < 4.78 is 6.75. The normalized spacial score (nSPS) is 11.0. The van der Waals surface area contributed by atoms with Gasteiger partial charge in [0, 0.05) is 34.8 Å². The van der Waals surface area contributed by atoms with Crippen LogP contribution >= 0.6 is 0 Å². The van der Waals surface area contributed by atoms with Gasteiger partial charge in [0.25, 0.3) is 0 Å². The number of anilines is 1. The standard InChI is InChI=1S/C18H19N3O4/c1-11-15(12(2)25-20-11)4-6-17(22)19-14-3-5-16-13(9-14)7-8-21(16)10-18(23)24/h3,5,7-9H,4,6,10H2,1-2H3,(H,19,22)(H,23,24). The Hall–Kier alpha value is -3.09. The molecule has 25 heavy (non-hydrogen) atoms. The molecule has 0 aliphatic carbocycles. The topological polar surface area (TPSA) is 97.4 Å². The first-order chi connectivity index (χ1) is 11.9. The number of nitrogens with one attached hydrogen (secondary N) is 1. The number of fused-ring (bicyclic) bond motifs is 1. The summed E-state index contributed by atoms with van der Waals surface area (Å²) in [4.78, 5) is 23.0. The quantitative estimate of drug-likeness (QED) is 0.718. The average molecular weight is 341 g/mol. The Morgan fingerprint density at radius 2 is 2.08 bits per heavy atom. The highest BCUT2D eigenvalue weighted by Gasteiger charge is 2.12. The summed E-state index contributed by atoms with van der Waals surface area (Å²) >= 11 is 0. The third kappa shape index (κ3) is 3.71. The van der Waals surface area contributed by atoms with Crippen molar-refractivity contribution in [1.82, 2.24) is 9.72 Å². The third-order valence-corrected chi connectivity index (χ3v) is 4.14. The van der Waals surface area contributed by atoms with Crippen LogP contribution in [0.4, 0.5) is 5.69 Å². The lowest BCUT2D eigenvalue weighted by Crippen LogP contribution is -2.12. The van der Waals surface area contributed by atoms with Crippen molar-refractivity contribution in [1.29, 1.82) is 0 Å². The van der Waals surface area contributed by atoms with Gasteiger partial charge in [0.05, 0.1) is 5.69 Å². The van der Waals surface area contributed by atoms with Crippen LogP contribution in [0.5, 0.6) is 0 Å². The molecule has 0 aliphatic heterocycles. The fourth-order valence-electron chi connectivity index (χ4n) is 2.88. The fraction of sp³-hybridized carbons (Fsp3) is 0.278. The molecular formula is C18H19N3O4. The maximum Gasteiger partial charge on any atom is 0.323 e. The maximum atomic E-state index is 12.2. The van der Waals surface area contributed by atoms with Gasteiger partial charge in [0.15, 0.2) is 0 Å². The summed E-state index contributed by atoms with van der Waals surface area (Å²) in [7, 11) is 0. The molecule has 2 N–H and O–H groups in total. The molecule has 130 valence electrons. The Balaban J connectivity index is 1.66. The van der Waals surface area contributed by atoms with E-state index in [9.17, 15) is 9.59 Å². The predicted molar refractivity (Wildman–Crippen MR) is 92.5 cm³/mol. The zero-order valence-electron chi connectivity index (χ0n) is 14.1. The summed E-state index contributed by atoms with van der Waals surface area (Å²) in [5.41, 5.74) is 3.28. The first kappa shape index (κ1) is 16.8. The number of carboxylic acids is 1. The van der Waals surface area contributed by atoms with Crippen molar-refractivity contribution in [2.45, 2.75) is 33.2 Å². The van der Waals surface area contributed by atoms with Crippen molar-refractivity contribution in [3.63, 3.8) is 0 Å². The van der Waals surface area contributed by atoms with Gasteiger partial charge in [-0.1, -0.05) is 5.16 Å². The van der Waals surface area contributed by atoms with Crippen LogP contribution in [0.25, 0.3) is 10.9 Å². The van der Waals surface area contributed by atoms with E-state index in [0.717, 1.165) is 27.9 Å². The van der Waals surface area contributed by atoms with Gasteiger partial charge in [-0.05, 0) is 44.5 Å². The second-order valence-electron chi connectivity index (χ2n) is 5.96. The molecule has 1 amide bonds. The molecule has 2 aromatic heterocycles. The van der Waals surface area contributed by atoms with Gasteiger partial charge in [-0.3, -0.25) is 9.59 Å². The molecule has 7 heteroatoms. The molecule has 0 atom stereocenters. The van der Waals surface area contributed by atoms with Crippen molar-refractivity contribution < 1.29 is 19.2 Å². The highest BCUT2D eigenvalue weighted by atomic mass is 16.5. The lowest BCUT2D eigenvalue weighted by atomic mass is 10.1. The number of rotatable bonds is 6. The maximum absolute atomic E-state index is 12.2. The number of carbonyl (C=O) groups excluding carboxylic acids is 1. The van der Waals surface area contributed by atoms with Gasteiger partial charge in [-0.15, -0.1) is 0 Å². The fourth-order valence-corrected chi connectivity index (χ4v) is 2.88. The molecule has 3 aromatic rings. The van der Waals surface area contributed by atoms with E-state index < -0.39 is 5.97 Å². The summed E-state index contributed by atoms with van der Waals surface area (Å²) in [5, 5.41) is 16.5. The number of carboxylic acid groups (broad SMARTS) is 1. The summed E-state index contributed by atoms with van der Waals surface area (Å²) in [6.07, 6.45) is 2.63. The molecule has 0 aliphatic rings. The molecule has 0 bridgehead atoms. The van der Waals surface area contributed by atoms with Crippen molar-refractivity contribution >= 4 is 28.5 Å². The molecule has 0 radical (unpaired) electrons. The number of hydrogen-bond acceptors (Lipinski definition) is 4. The van der Waals surface area contributed by atoms with Gasteiger partial charge in [-0.2, -0.15) is 0 Å². The molecule has 0 saturated carbocycles. The van der Waals surface area contributed by atoms with Crippen molar-refractivity contribution in [2.75, 3.05) is 5.32 Å². The van der Waals surface area contributed by atoms with Gasteiger partial charge >= 0.3 is 5.97 Å². The lowest BCUT2D eigenvalue weighted by molar-refractivity contribution is -0.137. The Bertz CT molecular complexity index is 920. The molecule has 2 heterocycles. The smallest absolute Gasteiger partial charge is 0.323 e. The van der Waals surface area contributed by atoms with E-state index >= 15 is 0 Å². The van der Waals surface area contributed by atoms with Crippen LogP contribution in [-0.2, 0) is 22.6 Å². The summed E-state index contributed by atoms with van der Waals surface area (Å²) in [6, 6.07) is 7.25. The highest BCUT2D eigenvalue weighted by Crippen LogP contribution is 2.21. The Morgan fingerprint density at radius 1 is 1.28 bits per heavy atom. The molecular weight excluding hydrogens is 322 g/mol. The third-order valence-electron chi connectivity index (χ3n) is 4.14. The average Bonchev–Trinajstić information content (AvgIpc) is 3.08. The minimum Gasteiger partial charge on any atom is -0.480 e. The van der Waals surface area contributed by atoms with Gasteiger partial charge in [-0.25, -0.2) is 0 Å². The molecule has 0 fully saturated rings. The van der Waals surface area contributed by atoms with Gasteiger partial charge in [0.1, 0.15) is 12.3 Å². The molecule has 7 nitrogen and oxygen atoms in total. The van der Waals surface area contributed by atoms with Crippen LogP contribution < -0.4 is 5.32 Å². The van der Waals surface area contributed by atoms with Crippen molar-refractivity contribution in [2.24, 2.45) is 0 Å². The number of aromatic nitrogens is 2. The van der Waals surface area contributed by atoms with E-state index in [4.69, 9.17) is 9.63 Å². The van der Waals surface area contributed by atoms with E-state index in [-0.39, 0.29) is 12.5 Å². The second kappa shape index (κ2) is 6.80. The predicted octanol–water partition coefficient (Wildman–Crippen LogP) is 2.90. The summed E-state index contributed by atoms with van der Waals surface area (Å²) in [6.45, 7) is 3.61. The Labute approximate surface area is 144 Å². The molecule has 3 rings (SSSR count). The van der Waals surface area contributed by atoms with Crippen LogP contribution in [0.3, 0.4) is 0 Å². The number of nitrogens with zero attached hydrogens (tertiary/aromatic N) is 2. The van der Waals surface area contributed by atoms with E-state index in [1.54, 1.807) is 16.8 Å². The van der Waals surface area contributed by atoms with Crippen LogP contribution in [0.1, 0.15) is 23.4 Å². The molecule has 0 unspecified atom stereocenters. The number of hydrogen-bond donors (Lipinski definition) is 2. The van der Waals surface area contributed by atoms with Crippen LogP contribution in [0, 0.1) is 13.8 Å². The number of amides is 1. The van der Waals surface area contributed by atoms with Gasteiger partial charge < -0.3 is 19.5 Å². The van der Waals surface area contributed by atoms with Crippen molar-refractivity contribution in [3.05, 3.63) is 47.5 Å². The zero-order chi connectivity index (χ0) is 18.0. The minimum atomic E-state index is -0.894. The monoisotopic (exact) mass is 341 g/mol. The second-order valence-corrected chi connectivity index (χ2v) is 5.96. The molecule has 1 aromatic carbocycles. The highest BCUT2D eigenvalue weighted by molar-refractivity contribution is 5.94. The SMILES string of the molecule is Cc1noc(C)c1CCC(=O)Nc1ccc2c(ccn2CC(=O)O)c1. The number of benzene rings is 1. The van der Waals surface area contributed by atoms with Gasteiger partial charge in [0.2, 0.25) is 5.91 Å². The van der Waals surface area contributed by atoms with E-state index in [0.29, 0.717) is 18.5 Å². The number of carbonyl (C=O) groups is 2. The summed E-state index contributed by atoms with van der Waals surface area (Å²) in [5.74, 6) is -0.245. The Morgan fingerprint density at radius 3 is 2.76 bits per heavy atom. The van der Waals surface area contributed by atoms with Crippen LogP contribution in [-0.4, -0.2) is 26.7 Å². The minimum absolute atomic E-state index is 0.0906. The Kier molecular flexibility index (Phi) is 4.56. The van der Waals surface area contributed by atoms with E-state index in [2.05, 4.69) is 10.5 Å².